The molecule has 134 valence electrons. The molecule has 0 amide bonds. The van der Waals surface area contributed by atoms with E-state index in [1.54, 1.807) is 0 Å². The van der Waals surface area contributed by atoms with Gasteiger partial charge < -0.3 is 4.18 Å². The van der Waals surface area contributed by atoms with Crippen molar-refractivity contribution >= 4 is 20.1 Å². The van der Waals surface area contributed by atoms with Gasteiger partial charge in [0.1, 0.15) is 16.5 Å². The Bertz CT molecular complexity index is 966. The second kappa shape index (κ2) is 6.74. The zero-order chi connectivity index (χ0) is 18.1. The highest BCUT2D eigenvalue weighted by atomic mass is 32.2. The molecule has 2 aromatic carbocycles. The predicted octanol–water partition coefficient (Wildman–Crippen LogP) is 2.38. The molecule has 0 unspecified atom stereocenters. The van der Waals surface area contributed by atoms with Gasteiger partial charge in [0, 0.05) is 19.2 Å². The van der Waals surface area contributed by atoms with Crippen LogP contribution in [0.2, 0.25) is 0 Å². The average Bonchev–Trinajstić information content (AvgIpc) is 3.10. The van der Waals surface area contributed by atoms with Gasteiger partial charge in [-0.1, -0.05) is 6.07 Å². The third-order valence-electron chi connectivity index (χ3n) is 3.82. The molecule has 0 N–H and O–H groups in total. The van der Waals surface area contributed by atoms with Crippen LogP contribution in [-0.2, 0) is 20.1 Å². The van der Waals surface area contributed by atoms with Crippen LogP contribution < -0.4 is 4.18 Å². The van der Waals surface area contributed by atoms with Crippen molar-refractivity contribution in [3.8, 4) is 5.75 Å². The number of nitrogens with zero attached hydrogens (tertiary/aromatic N) is 1. The predicted molar refractivity (Wildman–Crippen MR) is 88.6 cm³/mol. The van der Waals surface area contributed by atoms with Crippen molar-refractivity contribution in [1.82, 2.24) is 4.31 Å². The van der Waals surface area contributed by atoms with Gasteiger partial charge >= 0.3 is 10.1 Å². The fraction of sp³-hybridized carbons (Fsp3) is 0.250. The molecule has 0 saturated carbocycles. The molecule has 6 nitrogen and oxygen atoms in total. The second-order valence-electron chi connectivity index (χ2n) is 5.58. The lowest BCUT2D eigenvalue weighted by Crippen LogP contribution is -2.27. The third-order valence-corrected chi connectivity index (χ3v) is 6.99. The Hall–Kier alpha value is -1.97. The topological polar surface area (TPSA) is 80.8 Å². The molecule has 3 rings (SSSR count). The first-order chi connectivity index (χ1) is 11.8. The first-order valence-corrected chi connectivity index (χ1v) is 10.4. The quantitative estimate of drug-likeness (QED) is 0.738. The van der Waals surface area contributed by atoms with E-state index in [9.17, 15) is 21.2 Å². The number of halogens is 1. The van der Waals surface area contributed by atoms with E-state index in [-0.39, 0.29) is 15.5 Å². The Balaban J connectivity index is 1.84. The van der Waals surface area contributed by atoms with Gasteiger partial charge in [0.2, 0.25) is 10.0 Å². The van der Waals surface area contributed by atoms with Gasteiger partial charge in [0.05, 0.1) is 4.90 Å². The van der Waals surface area contributed by atoms with Crippen LogP contribution in [0.15, 0.2) is 58.3 Å². The van der Waals surface area contributed by atoms with Gasteiger partial charge in [0.25, 0.3) is 0 Å². The van der Waals surface area contributed by atoms with E-state index in [1.165, 1.54) is 28.6 Å². The summed E-state index contributed by atoms with van der Waals surface area (Å²) in [4.78, 5) is -0.184. The zero-order valence-electron chi connectivity index (χ0n) is 13.1. The normalized spacial score (nSPS) is 16.0. The second-order valence-corrected chi connectivity index (χ2v) is 9.06. The Morgan fingerprint density at radius 2 is 1.48 bits per heavy atom. The van der Waals surface area contributed by atoms with Crippen LogP contribution in [0, 0.1) is 5.82 Å². The van der Waals surface area contributed by atoms with Crippen molar-refractivity contribution in [2.45, 2.75) is 22.6 Å². The molecular weight excluding hydrogens is 369 g/mol. The molecule has 2 aromatic rings. The minimum absolute atomic E-state index is 0.0269. The van der Waals surface area contributed by atoms with Crippen molar-refractivity contribution in [2.75, 3.05) is 13.1 Å². The molecule has 9 heteroatoms. The molecule has 0 atom stereocenters. The van der Waals surface area contributed by atoms with Gasteiger partial charge in [-0.3, -0.25) is 0 Å². The third kappa shape index (κ3) is 3.83. The first kappa shape index (κ1) is 17.8. The number of hydrogen-bond donors (Lipinski definition) is 0. The van der Waals surface area contributed by atoms with Gasteiger partial charge in [-0.2, -0.15) is 12.7 Å². The van der Waals surface area contributed by atoms with Gasteiger partial charge in [-0.15, -0.1) is 0 Å². The molecule has 1 fully saturated rings. The maximum absolute atomic E-state index is 13.1. The Morgan fingerprint density at radius 3 is 2.08 bits per heavy atom. The summed E-state index contributed by atoms with van der Waals surface area (Å²) in [7, 11) is -7.80. The van der Waals surface area contributed by atoms with Gasteiger partial charge in [-0.25, -0.2) is 12.8 Å². The summed E-state index contributed by atoms with van der Waals surface area (Å²) in [6, 6.07) is 9.54. The molecule has 0 spiro atoms. The largest absolute Gasteiger partial charge is 0.379 e. The van der Waals surface area contributed by atoms with Crippen LogP contribution >= 0.6 is 0 Å². The van der Waals surface area contributed by atoms with E-state index in [0.29, 0.717) is 13.1 Å². The lowest BCUT2D eigenvalue weighted by Gasteiger charge is -2.15. The fourth-order valence-corrected chi connectivity index (χ4v) is 4.99. The minimum atomic E-state index is -4.19. The van der Waals surface area contributed by atoms with Crippen LogP contribution in [0.3, 0.4) is 0 Å². The molecule has 1 heterocycles. The lowest BCUT2D eigenvalue weighted by molar-refractivity contribution is 0.476. The monoisotopic (exact) mass is 385 g/mol. The van der Waals surface area contributed by atoms with Crippen LogP contribution in [0.4, 0.5) is 4.39 Å². The lowest BCUT2D eigenvalue weighted by atomic mass is 10.3. The molecule has 0 bridgehead atoms. The van der Waals surface area contributed by atoms with Crippen LogP contribution in [0.1, 0.15) is 12.8 Å². The summed E-state index contributed by atoms with van der Waals surface area (Å²) < 4.78 is 68.7. The van der Waals surface area contributed by atoms with E-state index >= 15 is 0 Å². The number of sulfonamides is 1. The van der Waals surface area contributed by atoms with Crippen molar-refractivity contribution in [3.63, 3.8) is 0 Å². The summed E-state index contributed by atoms with van der Waals surface area (Å²) in [6.45, 7) is 0.927. The summed E-state index contributed by atoms with van der Waals surface area (Å²) >= 11 is 0. The Kier molecular flexibility index (Phi) is 4.81. The molecule has 1 aliphatic heterocycles. The number of rotatable bonds is 5. The number of benzene rings is 2. The average molecular weight is 385 g/mol. The van der Waals surface area contributed by atoms with Crippen LogP contribution in [0.5, 0.6) is 5.75 Å². The van der Waals surface area contributed by atoms with Crippen LogP contribution in [0.25, 0.3) is 0 Å². The molecule has 0 aromatic heterocycles. The first-order valence-electron chi connectivity index (χ1n) is 7.59. The SMILES string of the molecule is O=S(=O)(Oc1cccc(F)c1)c1ccc(S(=O)(=O)N2CCCC2)cc1. The summed E-state index contributed by atoms with van der Waals surface area (Å²) in [6.07, 6.45) is 1.63. The van der Waals surface area contributed by atoms with E-state index in [2.05, 4.69) is 0 Å². The highest BCUT2D eigenvalue weighted by Crippen LogP contribution is 2.24. The van der Waals surface area contributed by atoms with Crippen molar-refractivity contribution < 1.29 is 25.4 Å². The fourth-order valence-electron chi connectivity index (χ4n) is 2.55. The van der Waals surface area contributed by atoms with Crippen molar-refractivity contribution in [1.29, 1.82) is 0 Å². The van der Waals surface area contributed by atoms with E-state index < -0.39 is 26.0 Å². The summed E-state index contributed by atoms with van der Waals surface area (Å²) in [5.41, 5.74) is 0. The Labute approximate surface area is 146 Å². The number of hydrogen-bond acceptors (Lipinski definition) is 5. The zero-order valence-corrected chi connectivity index (χ0v) is 14.8. The Morgan fingerprint density at radius 1 is 0.880 bits per heavy atom. The smallest absolute Gasteiger partial charge is 0.339 e. The van der Waals surface area contributed by atoms with E-state index in [0.717, 1.165) is 37.1 Å². The minimum Gasteiger partial charge on any atom is -0.379 e. The summed E-state index contributed by atoms with van der Waals surface area (Å²) in [5.74, 6) is -0.784. The maximum Gasteiger partial charge on any atom is 0.339 e. The standard InChI is InChI=1S/C16H16FNO5S2/c17-13-4-3-5-14(12-13)23-25(21,22)16-8-6-15(7-9-16)24(19,20)18-10-1-2-11-18/h3-9,12H,1-2,10-11H2. The van der Waals surface area contributed by atoms with Gasteiger partial charge in [0.15, 0.2) is 0 Å². The highest BCUT2D eigenvalue weighted by molar-refractivity contribution is 7.89. The van der Waals surface area contributed by atoms with Gasteiger partial charge in [-0.05, 0) is 49.2 Å². The maximum atomic E-state index is 13.1. The molecule has 1 aliphatic rings. The van der Waals surface area contributed by atoms with E-state index in [1.807, 2.05) is 0 Å². The highest BCUT2D eigenvalue weighted by Gasteiger charge is 2.27. The molecule has 0 radical (unpaired) electrons. The van der Waals surface area contributed by atoms with Crippen LogP contribution in [-0.4, -0.2) is 34.2 Å². The van der Waals surface area contributed by atoms with E-state index in [4.69, 9.17) is 4.18 Å². The molecule has 25 heavy (non-hydrogen) atoms. The van der Waals surface area contributed by atoms with Crippen molar-refractivity contribution in [2.24, 2.45) is 0 Å². The molecular formula is C16H16FNO5S2. The molecule has 0 aliphatic carbocycles. The molecule has 1 saturated heterocycles. The van der Waals surface area contributed by atoms with Crippen molar-refractivity contribution in [3.05, 3.63) is 54.3 Å². The summed E-state index contributed by atoms with van der Waals surface area (Å²) in [5, 5.41) is 0.